The van der Waals surface area contributed by atoms with E-state index in [1.165, 1.54) is 11.1 Å². The lowest BCUT2D eigenvalue weighted by Gasteiger charge is -2.18. The third-order valence-corrected chi connectivity index (χ3v) is 7.34. The van der Waals surface area contributed by atoms with Gasteiger partial charge in [0.2, 0.25) is 0 Å². The maximum Gasteiger partial charge on any atom is 0.174 e. The summed E-state index contributed by atoms with van der Waals surface area (Å²) in [7, 11) is 3.99. The quantitative estimate of drug-likeness (QED) is 0.129. The molecule has 2 aromatic carbocycles. The number of nitrogens with zero attached hydrogens (tertiary/aromatic N) is 5. The minimum Gasteiger partial charge on any atom is -0.316 e. The fourth-order valence-corrected chi connectivity index (χ4v) is 4.87. The van der Waals surface area contributed by atoms with Gasteiger partial charge >= 0.3 is 0 Å². The molecule has 0 spiro atoms. The van der Waals surface area contributed by atoms with E-state index in [-0.39, 0.29) is 0 Å². The Hall–Kier alpha value is -4.55. The maximum absolute atomic E-state index is 4.80. The zero-order valence-corrected chi connectivity index (χ0v) is 25.6. The van der Waals surface area contributed by atoms with Crippen molar-refractivity contribution in [3.63, 3.8) is 0 Å². The summed E-state index contributed by atoms with van der Waals surface area (Å²) < 4.78 is 2.22. The predicted molar refractivity (Wildman–Crippen MR) is 175 cm³/mol. The first-order valence-corrected chi connectivity index (χ1v) is 14.7. The zero-order chi connectivity index (χ0) is 29.7. The van der Waals surface area contributed by atoms with Gasteiger partial charge in [0.05, 0.1) is 29.0 Å². The molecule has 3 aromatic rings. The highest BCUT2D eigenvalue weighted by Gasteiger charge is 2.11. The SMILES string of the molecule is C/C=C(\C=C/[NH2+]Cc1ccccc1C[n+]1ccc(/C(C)=N/N(C)c2ccccc2)cc1)C(/C)=N/N(C)C1=CCCC=C1. The second-order valence-corrected chi connectivity index (χ2v) is 10.4. The highest BCUT2D eigenvalue weighted by atomic mass is 15.4. The van der Waals surface area contributed by atoms with E-state index in [0.717, 1.165) is 59.9 Å². The molecule has 6 nitrogen and oxygen atoms in total. The smallest absolute Gasteiger partial charge is 0.174 e. The number of hydrazone groups is 2. The number of quaternary nitrogens is 1. The monoisotopic (exact) mass is 560 g/mol. The number of pyridine rings is 1. The first-order chi connectivity index (χ1) is 20.4. The standard InChI is InChI=1S/C36H43N6/c1-6-31(29(2)38-40(4)35-17-9-7-10-18-35)21-24-37-27-33-15-13-14-16-34(33)28-42-25-22-32(23-26-42)30(3)39-41(5)36-19-11-8-12-20-36/h6,8-9,11-26,37H,7,10,27-28H2,1-5H3/q+1/p+1/b24-21-,31-6+,38-29+. The van der Waals surface area contributed by atoms with Crippen LogP contribution in [0.4, 0.5) is 5.69 Å². The van der Waals surface area contributed by atoms with Gasteiger partial charge in [-0.25, -0.2) is 4.57 Å². The summed E-state index contributed by atoms with van der Waals surface area (Å²) in [5, 5.41) is 15.7. The Balaban J connectivity index is 1.35. The van der Waals surface area contributed by atoms with Gasteiger partial charge in [-0.05, 0) is 63.5 Å². The molecule has 0 aliphatic heterocycles. The second-order valence-electron chi connectivity index (χ2n) is 10.4. The van der Waals surface area contributed by atoms with E-state index in [4.69, 9.17) is 10.2 Å². The van der Waals surface area contributed by atoms with Gasteiger partial charge < -0.3 is 5.32 Å². The fourth-order valence-electron chi connectivity index (χ4n) is 4.87. The molecule has 0 saturated carbocycles. The summed E-state index contributed by atoms with van der Waals surface area (Å²) in [6.07, 6.45) is 19.4. The Morgan fingerprint density at radius 2 is 1.60 bits per heavy atom. The van der Waals surface area contributed by atoms with Crippen molar-refractivity contribution in [2.24, 2.45) is 10.2 Å². The number of para-hydroxylation sites is 1. The molecule has 42 heavy (non-hydrogen) atoms. The maximum atomic E-state index is 4.80. The number of aromatic nitrogens is 1. The van der Waals surface area contributed by atoms with Crippen molar-refractivity contribution in [1.82, 2.24) is 5.01 Å². The van der Waals surface area contributed by atoms with Crippen molar-refractivity contribution in [3.8, 4) is 0 Å². The molecule has 0 saturated heterocycles. The number of anilines is 1. The van der Waals surface area contributed by atoms with Gasteiger partial charge in [0, 0.05) is 42.9 Å². The van der Waals surface area contributed by atoms with Crippen molar-refractivity contribution in [1.29, 1.82) is 0 Å². The van der Waals surface area contributed by atoms with Gasteiger partial charge in [0.15, 0.2) is 18.9 Å². The Morgan fingerprint density at radius 1 is 0.881 bits per heavy atom. The van der Waals surface area contributed by atoms with E-state index in [2.05, 4.69) is 121 Å². The van der Waals surface area contributed by atoms with Crippen LogP contribution >= 0.6 is 0 Å². The van der Waals surface area contributed by atoms with Crippen molar-refractivity contribution < 1.29 is 9.88 Å². The zero-order valence-electron chi connectivity index (χ0n) is 25.6. The molecule has 4 rings (SSSR count). The Bertz CT molecular complexity index is 1490. The molecule has 2 N–H and O–H groups in total. The van der Waals surface area contributed by atoms with E-state index in [1.807, 2.05) is 49.2 Å². The first kappa shape index (κ1) is 30.4. The van der Waals surface area contributed by atoms with Gasteiger partial charge in [0.25, 0.3) is 0 Å². The van der Waals surface area contributed by atoms with Gasteiger partial charge in [-0.1, -0.05) is 60.7 Å². The molecule has 0 bridgehead atoms. The summed E-state index contributed by atoms with van der Waals surface area (Å²) in [4.78, 5) is 0. The van der Waals surface area contributed by atoms with Crippen LogP contribution in [0.3, 0.4) is 0 Å². The van der Waals surface area contributed by atoms with Crippen molar-refractivity contribution in [3.05, 3.63) is 144 Å². The molecule has 1 aliphatic rings. The first-order valence-electron chi connectivity index (χ1n) is 14.7. The minimum absolute atomic E-state index is 0.816. The topological polar surface area (TPSA) is 51.7 Å². The van der Waals surface area contributed by atoms with Crippen molar-refractivity contribution in [2.45, 2.75) is 46.7 Å². The van der Waals surface area contributed by atoms with Gasteiger partial charge in [0.1, 0.15) is 6.54 Å². The van der Waals surface area contributed by atoms with Crippen LogP contribution in [0.2, 0.25) is 0 Å². The highest BCUT2D eigenvalue weighted by Crippen LogP contribution is 2.15. The Kier molecular flexibility index (Phi) is 11.2. The summed E-state index contributed by atoms with van der Waals surface area (Å²) in [6.45, 7) is 7.86. The number of allylic oxidation sites excluding steroid dienone is 6. The molecule has 0 radical (unpaired) electrons. The van der Waals surface area contributed by atoms with Crippen LogP contribution in [0.15, 0.2) is 137 Å². The molecule has 0 amide bonds. The second kappa shape index (κ2) is 15.5. The summed E-state index contributed by atoms with van der Waals surface area (Å²) in [6, 6.07) is 23.1. The van der Waals surface area contributed by atoms with E-state index in [0.29, 0.717) is 0 Å². The lowest BCUT2D eigenvalue weighted by molar-refractivity contribution is -0.688. The molecule has 216 valence electrons. The van der Waals surface area contributed by atoms with E-state index < -0.39 is 0 Å². The van der Waals surface area contributed by atoms with Crippen LogP contribution in [-0.4, -0.2) is 30.5 Å². The molecular weight excluding hydrogens is 516 g/mol. The van der Waals surface area contributed by atoms with Crippen LogP contribution < -0.4 is 14.9 Å². The van der Waals surface area contributed by atoms with Gasteiger partial charge in [-0.3, -0.25) is 10.0 Å². The molecule has 1 heterocycles. The average Bonchev–Trinajstić information content (AvgIpc) is 3.03. The molecule has 0 unspecified atom stereocenters. The normalized spacial score (nSPS) is 14.3. The van der Waals surface area contributed by atoms with Crippen LogP contribution in [-0.2, 0) is 13.1 Å². The average molecular weight is 561 g/mol. The number of nitrogens with two attached hydrogens (primary N) is 1. The van der Waals surface area contributed by atoms with Crippen LogP contribution in [0, 0.1) is 0 Å². The summed E-state index contributed by atoms with van der Waals surface area (Å²) >= 11 is 0. The highest BCUT2D eigenvalue weighted by molar-refractivity contribution is 6.00. The Morgan fingerprint density at radius 3 is 2.29 bits per heavy atom. The van der Waals surface area contributed by atoms with Crippen LogP contribution in [0.1, 0.15) is 50.3 Å². The Labute approximate surface area is 251 Å². The van der Waals surface area contributed by atoms with E-state index in [9.17, 15) is 0 Å². The van der Waals surface area contributed by atoms with Gasteiger partial charge in [-0.15, -0.1) is 0 Å². The molecule has 1 aliphatic carbocycles. The van der Waals surface area contributed by atoms with Crippen molar-refractivity contribution >= 4 is 17.1 Å². The number of likely N-dealkylation sites (N-methyl/N-ethyl adjacent to an activating group) is 1. The predicted octanol–water partition coefficient (Wildman–Crippen LogP) is 5.95. The van der Waals surface area contributed by atoms with E-state index >= 15 is 0 Å². The van der Waals surface area contributed by atoms with Crippen LogP contribution in [0.5, 0.6) is 0 Å². The van der Waals surface area contributed by atoms with Gasteiger partial charge in [-0.2, -0.15) is 10.2 Å². The molecule has 0 fully saturated rings. The molecular formula is C36H44N6+2. The van der Waals surface area contributed by atoms with Crippen molar-refractivity contribution in [2.75, 3.05) is 19.1 Å². The largest absolute Gasteiger partial charge is 0.316 e. The minimum atomic E-state index is 0.816. The molecule has 6 heteroatoms. The third kappa shape index (κ3) is 8.72. The van der Waals surface area contributed by atoms with Crippen LogP contribution in [0.25, 0.3) is 0 Å². The van der Waals surface area contributed by atoms with E-state index in [1.54, 1.807) is 0 Å². The third-order valence-electron chi connectivity index (χ3n) is 7.34. The lowest BCUT2D eigenvalue weighted by Crippen LogP contribution is -2.76. The lowest BCUT2D eigenvalue weighted by atomic mass is 10.1. The number of rotatable bonds is 12. The summed E-state index contributed by atoms with van der Waals surface area (Å²) in [5.74, 6) is 0. The molecule has 0 atom stereocenters. The number of hydrogen-bond donors (Lipinski definition) is 1. The molecule has 1 aromatic heterocycles. The fraction of sp³-hybridized carbons (Fsp3) is 0.250. The number of benzene rings is 2. The summed E-state index contributed by atoms with van der Waals surface area (Å²) in [5.41, 5.74) is 9.05. The number of hydrogen-bond acceptors (Lipinski definition) is 4.